The van der Waals surface area contributed by atoms with E-state index in [1.165, 1.54) is 23.0 Å². The predicted molar refractivity (Wildman–Crippen MR) is 94.9 cm³/mol. The van der Waals surface area contributed by atoms with E-state index in [1.54, 1.807) is 42.8 Å². The summed E-state index contributed by atoms with van der Waals surface area (Å²) >= 11 is 0. The number of nitriles is 1. The van der Waals surface area contributed by atoms with Crippen molar-refractivity contribution in [2.75, 3.05) is 5.32 Å². The Morgan fingerprint density at radius 2 is 2.00 bits per heavy atom. The van der Waals surface area contributed by atoms with Crippen molar-refractivity contribution in [3.8, 4) is 11.9 Å². The second kappa shape index (κ2) is 7.03. The molecule has 0 aliphatic heterocycles. The molecular weight excluding hydrogens is 332 g/mol. The number of amides is 1. The van der Waals surface area contributed by atoms with Crippen molar-refractivity contribution in [2.24, 2.45) is 0 Å². The van der Waals surface area contributed by atoms with E-state index < -0.39 is 0 Å². The standard InChI is InChI=1S/C18H16N6O2/c1-12-7-15(25)8-13(2)23(12)11-17(26)22-18-14(9-19)10-21-24(18)16-5-3-4-6-20-16/h3-8,10H,11H2,1-2H3,(H,22,26). The summed E-state index contributed by atoms with van der Waals surface area (Å²) in [5.74, 6) is 0.404. The van der Waals surface area contributed by atoms with Crippen LogP contribution in [0.1, 0.15) is 17.0 Å². The second-order valence-electron chi connectivity index (χ2n) is 5.73. The molecule has 0 aliphatic carbocycles. The number of pyridine rings is 2. The Bertz CT molecular complexity index is 1030. The Morgan fingerprint density at radius 3 is 2.62 bits per heavy atom. The van der Waals surface area contributed by atoms with Crippen molar-refractivity contribution in [2.45, 2.75) is 20.4 Å². The number of nitrogens with zero attached hydrogens (tertiary/aromatic N) is 5. The van der Waals surface area contributed by atoms with Gasteiger partial charge in [-0.15, -0.1) is 0 Å². The summed E-state index contributed by atoms with van der Waals surface area (Å²) in [5, 5.41) is 16.1. The first kappa shape index (κ1) is 17.1. The van der Waals surface area contributed by atoms with Gasteiger partial charge in [-0.1, -0.05) is 6.07 Å². The zero-order valence-electron chi connectivity index (χ0n) is 14.3. The number of aryl methyl sites for hydroxylation is 2. The summed E-state index contributed by atoms with van der Waals surface area (Å²) < 4.78 is 3.13. The maximum Gasteiger partial charge on any atom is 0.245 e. The predicted octanol–water partition coefficient (Wildman–Crippen LogP) is 1.56. The van der Waals surface area contributed by atoms with Crippen molar-refractivity contribution in [3.63, 3.8) is 0 Å². The van der Waals surface area contributed by atoms with Crippen LogP contribution in [-0.4, -0.2) is 25.2 Å². The Morgan fingerprint density at radius 1 is 1.27 bits per heavy atom. The summed E-state index contributed by atoms with van der Waals surface area (Å²) in [6.07, 6.45) is 2.97. The van der Waals surface area contributed by atoms with Gasteiger partial charge in [0.25, 0.3) is 0 Å². The summed E-state index contributed by atoms with van der Waals surface area (Å²) in [4.78, 5) is 28.2. The number of hydrogen-bond donors (Lipinski definition) is 1. The first-order valence-corrected chi connectivity index (χ1v) is 7.87. The third-order valence-electron chi connectivity index (χ3n) is 3.87. The van der Waals surface area contributed by atoms with Crippen LogP contribution in [0.3, 0.4) is 0 Å². The van der Waals surface area contributed by atoms with Crippen LogP contribution in [0.5, 0.6) is 0 Å². The zero-order chi connectivity index (χ0) is 18.7. The molecule has 1 N–H and O–H groups in total. The summed E-state index contributed by atoms with van der Waals surface area (Å²) in [5.41, 5.74) is 1.50. The number of anilines is 1. The van der Waals surface area contributed by atoms with Gasteiger partial charge in [0.15, 0.2) is 17.1 Å². The lowest BCUT2D eigenvalue weighted by Gasteiger charge is -2.14. The molecule has 0 spiro atoms. The SMILES string of the molecule is Cc1cc(=O)cc(C)n1CC(=O)Nc1c(C#N)cnn1-c1ccccn1. The Balaban J connectivity index is 1.90. The average Bonchev–Trinajstić information content (AvgIpc) is 3.01. The maximum atomic E-state index is 12.5. The summed E-state index contributed by atoms with van der Waals surface area (Å²) in [7, 11) is 0. The molecular formula is C18H16N6O2. The molecule has 3 aromatic rings. The minimum atomic E-state index is -0.339. The van der Waals surface area contributed by atoms with E-state index in [0.29, 0.717) is 17.2 Å². The quantitative estimate of drug-likeness (QED) is 0.770. The molecule has 0 saturated carbocycles. The lowest BCUT2D eigenvalue weighted by Crippen LogP contribution is -2.24. The molecule has 3 aromatic heterocycles. The molecule has 0 aromatic carbocycles. The van der Waals surface area contributed by atoms with Crippen molar-refractivity contribution < 1.29 is 4.79 Å². The highest BCUT2D eigenvalue weighted by Gasteiger charge is 2.16. The topological polar surface area (TPSA) is 106 Å². The van der Waals surface area contributed by atoms with E-state index in [1.807, 2.05) is 6.07 Å². The highest BCUT2D eigenvalue weighted by Crippen LogP contribution is 2.18. The zero-order valence-corrected chi connectivity index (χ0v) is 14.3. The van der Waals surface area contributed by atoms with E-state index in [2.05, 4.69) is 15.4 Å². The number of carbonyl (C=O) groups is 1. The van der Waals surface area contributed by atoms with E-state index in [9.17, 15) is 14.9 Å². The molecule has 26 heavy (non-hydrogen) atoms. The highest BCUT2D eigenvalue weighted by molar-refractivity contribution is 5.91. The van der Waals surface area contributed by atoms with Crippen LogP contribution in [0.25, 0.3) is 5.82 Å². The number of nitrogens with one attached hydrogen (secondary N) is 1. The van der Waals surface area contributed by atoms with Crippen molar-refractivity contribution in [1.82, 2.24) is 19.3 Å². The normalized spacial score (nSPS) is 10.3. The number of hydrogen-bond acceptors (Lipinski definition) is 5. The van der Waals surface area contributed by atoms with Crippen LogP contribution < -0.4 is 10.7 Å². The molecule has 130 valence electrons. The van der Waals surface area contributed by atoms with Gasteiger partial charge < -0.3 is 9.88 Å². The van der Waals surface area contributed by atoms with Crippen LogP contribution in [0.15, 0.2) is 47.5 Å². The molecule has 0 radical (unpaired) electrons. The number of aromatic nitrogens is 4. The first-order chi connectivity index (χ1) is 12.5. The fourth-order valence-corrected chi connectivity index (χ4v) is 2.66. The third kappa shape index (κ3) is 3.37. The molecule has 8 heteroatoms. The Hall–Kier alpha value is -3.73. The molecule has 0 aliphatic rings. The minimum Gasteiger partial charge on any atom is -0.340 e. The van der Waals surface area contributed by atoms with E-state index in [-0.39, 0.29) is 29.3 Å². The second-order valence-corrected chi connectivity index (χ2v) is 5.73. The van der Waals surface area contributed by atoms with Crippen molar-refractivity contribution in [3.05, 3.63) is 69.9 Å². The van der Waals surface area contributed by atoms with Gasteiger partial charge in [-0.05, 0) is 26.0 Å². The number of rotatable bonds is 4. The minimum absolute atomic E-state index is 0.0101. The molecule has 0 fully saturated rings. The largest absolute Gasteiger partial charge is 0.340 e. The van der Waals surface area contributed by atoms with Crippen LogP contribution in [0.4, 0.5) is 5.82 Å². The fraction of sp³-hybridized carbons (Fsp3) is 0.167. The van der Waals surface area contributed by atoms with E-state index in [0.717, 1.165) is 0 Å². The molecule has 3 heterocycles. The van der Waals surface area contributed by atoms with Crippen LogP contribution in [-0.2, 0) is 11.3 Å². The smallest absolute Gasteiger partial charge is 0.245 e. The van der Waals surface area contributed by atoms with Gasteiger partial charge >= 0.3 is 0 Å². The lowest BCUT2D eigenvalue weighted by atomic mass is 10.3. The molecule has 1 amide bonds. The molecule has 0 bridgehead atoms. The fourth-order valence-electron chi connectivity index (χ4n) is 2.66. The van der Waals surface area contributed by atoms with Gasteiger partial charge in [0.1, 0.15) is 18.2 Å². The monoisotopic (exact) mass is 348 g/mol. The Kier molecular flexibility index (Phi) is 4.62. The molecule has 3 rings (SSSR count). The van der Waals surface area contributed by atoms with Gasteiger partial charge in [-0.3, -0.25) is 9.59 Å². The lowest BCUT2D eigenvalue weighted by molar-refractivity contribution is -0.116. The molecule has 0 atom stereocenters. The highest BCUT2D eigenvalue weighted by atomic mass is 16.2. The molecule has 8 nitrogen and oxygen atoms in total. The van der Waals surface area contributed by atoms with Gasteiger partial charge in [-0.25, -0.2) is 4.98 Å². The Labute approximate surface area is 149 Å². The van der Waals surface area contributed by atoms with E-state index >= 15 is 0 Å². The van der Waals surface area contributed by atoms with Crippen LogP contribution in [0, 0.1) is 25.2 Å². The summed E-state index contributed by atoms with van der Waals surface area (Å²) in [6, 6.07) is 10.2. The third-order valence-corrected chi connectivity index (χ3v) is 3.87. The van der Waals surface area contributed by atoms with Gasteiger partial charge in [0.2, 0.25) is 5.91 Å². The average molecular weight is 348 g/mol. The van der Waals surface area contributed by atoms with Crippen LogP contribution in [0.2, 0.25) is 0 Å². The van der Waals surface area contributed by atoms with Crippen molar-refractivity contribution in [1.29, 1.82) is 5.26 Å². The van der Waals surface area contributed by atoms with Gasteiger partial charge in [-0.2, -0.15) is 15.0 Å². The molecule has 0 unspecified atom stereocenters. The maximum absolute atomic E-state index is 12.5. The van der Waals surface area contributed by atoms with Gasteiger partial charge in [0, 0.05) is 29.7 Å². The number of carbonyl (C=O) groups excluding carboxylic acids is 1. The first-order valence-electron chi connectivity index (χ1n) is 7.87. The van der Waals surface area contributed by atoms with Gasteiger partial charge in [0.05, 0.1) is 6.20 Å². The molecule has 0 saturated heterocycles. The van der Waals surface area contributed by atoms with Crippen LogP contribution >= 0.6 is 0 Å². The summed E-state index contributed by atoms with van der Waals surface area (Å²) in [6.45, 7) is 3.54. The van der Waals surface area contributed by atoms with Crippen molar-refractivity contribution >= 4 is 11.7 Å². The van der Waals surface area contributed by atoms with E-state index in [4.69, 9.17) is 0 Å².